The Labute approximate surface area is 83.1 Å². The molecule has 5 nitrogen and oxygen atoms in total. The molecule has 0 amide bonds. The molecule has 0 spiro atoms. The van der Waals surface area contributed by atoms with Gasteiger partial charge >= 0.3 is 0 Å². The minimum atomic E-state index is 0.0328. The van der Waals surface area contributed by atoms with Crippen LogP contribution in [0.3, 0.4) is 0 Å². The molecule has 1 rings (SSSR count). The van der Waals surface area contributed by atoms with Crippen molar-refractivity contribution in [2.24, 2.45) is 0 Å². The van der Waals surface area contributed by atoms with E-state index >= 15 is 0 Å². The van der Waals surface area contributed by atoms with E-state index in [4.69, 9.17) is 4.74 Å². The van der Waals surface area contributed by atoms with Gasteiger partial charge in [0.2, 0.25) is 0 Å². The molecule has 1 aromatic rings. The van der Waals surface area contributed by atoms with Crippen molar-refractivity contribution in [3.63, 3.8) is 0 Å². The summed E-state index contributed by atoms with van der Waals surface area (Å²) in [6, 6.07) is 0. The first-order valence-corrected chi connectivity index (χ1v) is 4.38. The van der Waals surface area contributed by atoms with Crippen LogP contribution in [0.25, 0.3) is 5.70 Å². The summed E-state index contributed by atoms with van der Waals surface area (Å²) in [5.41, 5.74) is 0.895. The Balaban J connectivity index is 2.90. The summed E-state index contributed by atoms with van der Waals surface area (Å²) in [4.78, 5) is 0. The molecular weight excluding hydrogens is 180 g/mol. The molecule has 0 N–H and O–H groups in total. The molecule has 1 aromatic heterocycles. The quantitative estimate of drug-likeness (QED) is 0.674. The number of hydrogen-bond donors (Lipinski definition) is 0. The standard InChI is InChI=1S/C9H14N4O/c1-4-5-9(6-8(2)14-3)13-7-10-11-12-13/h4-8H,1-3H3/b5-4-,9-6+. The molecule has 5 heteroatoms. The number of rotatable bonds is 4. The smallest absolute Gasteiger partial charge is 0.143 e. The topological polar surface area (TPSA) is 52.8 Å². The molecule has 0 aliphatic carbocycles. The van der Waals surface area contributed by atoms with Crippen molar-refractivity contribution in [1.29, 1.82) is 0 Å². The maximum atomic E-state index is 5.13. The minimum absolute atomic E-state index is 0.0328. The number of nitrogens with zero attached hydrogens (tertiary/aromatic N) is 4. The van der Waals surface area contributed by atoms with Gasteiger partial charge in [0.25, 0.3) is 0 Å². The SMILES string of the molecule is C/C=C\C(=C/C(C)OC)n1cnnn1. The van der Waals surface area contributed by atoms with Gasteiger partial charge in [-0.15, -0.1) is 5.10 Å². The first-order chi connectivity index (χ1) is 6.77. The summed E-state index contributed by atoms with van der Waals surface area (Å²) in [5.74, 6) is 0. The van der Waals surface area contributed by atoms with Crippen molar-refractivity contribution in [3.8, 4) is 0 Å². The van der Waals surface area contributed by atoms with Crippen LogP contribution in [0, 0.1) is 0 Å². The van der Waals surface area contributed by atoms with Gasteiger partial charge in [-0.05, 0) is 36.4 Å². The molecule has 1 heterocycles. The third-order valence-corrected chi connectivity index (χ3v) is 1.73. The van der Waals surface area contributed by atoms with Crippen molar-refractivity contribution in [3.05, 3.63) is 24.6 Å². The van der Waals surface area contributed by atoms with Crippen LogP contribution in [0.2, 0.25) is 0 Å². The summed E-state index contributed by atoms with van der Waals surface area (Å²) in [5, 5.41) is 11.0. The third kappa shape index (κ3) is 2.77. The van der Waals surface area contributed by atoms with E-state index in [1.165, 1.54) is 0 Å². The summed E-state index contributed by atoms with van der Waals surface area (Å²) < 4.78 is 6.73. The van der Waals surface area contributed by atoms with Crippen molar-refractivity contribution in [1.82, 2.24) is 20.2 Å². The number of tetrazole rings is 1. The summed E-state index contributed by atoms with van der Waals surface area (Å²) in [6.45, 7) is 3.89. The van der Waals surface area contributed by atoms with Crippen LogP contribution in [0.1, 0.15) is 13.8 Å². The largest absolute Gasteiger partial charge is 0.378 e. The molecule has 1 atom stereocenters. The highest BCUT2D eigenvalue weighted by atomic mass is 16.5. The summed E-state index contributed by atoms with van der Waals surface area (Å²) in [6.07, 6.45) is 7.37. The summed E-state index contributed by atoms with van der Waals surface area (Å²) >= 11 is 0. The Bertz CT molecular complexity index is 316. The highest BCUT2D eigenvalue weighted by Crippen LogP contribution is 2.06. The molecule has 0 fully saturated rings. The van der Waals surface area contributed by atoms with Gasteiger partial charge in [0.15, 0.2) is 0 Å². The Morgan fingerprint density at radius 1 is 1.57 bits per heavy atom. The van der Waals surface area contributed by atoms with Crippen LogP contribution in [0.4, 0.5) is 0 Å². The van der Waals surface area contributed by atoms with E-state index in [1.807, 2.05) is 32.1 Å². The van der Waals surface area contributed by atoms with Crippen LogP contribution >= 0.6 is 0 Å². The molecule has 0 aromatic carbocycles. The zero-order valence-corrected chi connectivity index (χ0v) is 8.58. The second-order valence-corrected chi connectivity index (χ2v) is 2.79. The minimum Gasteiger partial charge on any atom is -0.378 e. The molecule has 0 aliphatic heterocycles. The third-order valence-electron chi connectivity index (χ3n) is 1.73. The lowest BCUT2D eigenvalue weighted by atomic mass is 10.3. The summed E-state index contributed by atoms with van der Waals surface area (Å²) in [7, 11) is 1.66. The second kappa shape index (κ2) is 5.29. The zero-order valence-electron chi connectivity index (χ0n) is 8.58. The van der Waals surface area contributed by atoms with Crippen LogP contribution < -0.4 is 0 Å². The van der Waals surface area contributed by atoms with E-state index in [9.17, 15) is 0 Å². The lowest BCUT2D eigenvalue weighted by Crippen LogP contribution is -2.04. The number of aromatic nitrogens is 4. The van der Waals surface area contributed by atoms with Crippen LogP contribution in [-0.4, -0.2) is 33.4 Å². The van der Waals surface area contributed by atoms with Gasteiger partial charge in [-0.25, -0.2) is 4.68 Å². The predicted molar refractivity (Wildman–Crippen MR) is 53.4 cm³/mol. The van der Waals surface area contributed by atoms with Gasteiger partial charge in [0, 0.05) is 7.11 Å². The van der Waals surface area contributed by atoms with Crippen molar-refractivity contribution in [2.75, 3.05) is 7.11 Å². The van der Waals surface area contributed by atoms with E-state index in [-0.39, 0.29) is 6.10 Å². The fraction of sp³-hybridized carbons (Fsp3) is 0.444. The average Bonchev–Trinajstić information content (AvgIpc) is 2.69. The zero-order chi connectivity index (χ0) is 10.4. The van der Waals surface area contributed by atoms with E-state index in [0.29, 0.717) is 0 Å². The fourth-order valence-electron chi connectivity index (χ4n) is 0.967. The Morgan fingerprint density at radius 3 is 2.86 bits per heavy atom. The lowest BCUT2D eigenvalue weighted by Gasteiger charge is -2.05. The highest BCUT2D eigenvalue weighted by Gasteiger charge is 2.00. The first kappa shape index (κ1) is 10.6. The van der Waals surface area contributed by atoms with Crippen LogP contribution in [-0.2, 0) is 4.74 Å². The number of methoxy groups -OCH3 is 1. The van der Waals surface area contributed by atoms with Crippen molar-refractivity contribution in [2.45, 2.75) is 20.0 Å². The van der Waals surface area contributed by atoms with E-state index in [1.54, 1.807) is 18.1 Å². The highest BCUT2D eigenvalue weighted by molar-refractivity contribution is 5.55. The molecule has 76 valence electrons. The maximum absolute atomic E-state index is 5.13. The van der Waals surface area contributed by atoms with Crippen molar-refractivity contribution < 1.29 is 4.74 Å². The predicted octanol–water partition coefficient (Wildman–Crippen LogP) is 1.12. The monoisotopic (exact) mass is 194 g/mol. The van der Waals surface area contributed by atoms with Gasteiger partial charge in [-0.3, -0.25) is 0 Å². The Hall–Kier alpha value is -1.49. The normalized spacial score (nSPS) is 14.9. The Kier molecular flexibility index (Phi) is 4.00. The number of hydrogen-bond acceptors (Lipinski definition) is 4. The van der Waals surface area contributed by atoms with E-state index in [2.05, 4.69) is 15.5 Å². The molecule has 14 heavy (non-hydrogen) atoms. The van der Waals surface area contributed by atoms with Gasteiger partial charge in [0.1, 0.15) is 6.33 Å². The fourth-order valence-corrected chi connectivity index (χ4v) is 0.967. The molecule has 0 saturated heterocycles. The van der Waals surface area contributed by atoms with Gasteiger partial charge in [-0.2, -0.15) is 0 Å². The molecule has 0 saturated carbocycles. The second-order valence-electron chi connectivity index (χ2n) is 2.79. The number of allylic oxidation sites excluding steroid dienone is 3. The van der Waals surface area contributed by atoms with Gasteiger partial charge in [-0.1, -0.05) is 6.08 Å². The number of ether oxygens (including phenoxy) is 1. The average molecular weight is 194 g/mol. The van der Waals surface area contributed by atoms with Crippen LogP contribution in [0.15, 0.2) is 24.6 Å². The molecule has 0 radical (unpaired) electrons. The molecule has 0 bridgehead atoms. The van der Waals surface area contributed by atoms with E-state index in [0.717, 1.165) is 5.70 Å². The van der Waals surface area contributed by atoms with Crippen LogP contribution in [0.5, 0.6) is 0 Å². The first-order valence-electron chi connectivity index (χ1n) is 4.38. The van der Waals surface area contributed by atoms with Gasteiger partial charge in [0.05, 0.1) is 11.8 Å². The van der Waals surface area contributed by atoms with Gasteiger partial charge < -0.3 is 4.74 Å². The maximum Gasteiger partial charge on any atom is 0.143 e. The molecular formula is C9H14N4O. The van der Waals surface area contributed by atoms with E-state index < -0.39 is 0 Å². The molecule has 0 aliphatic rings. The van der Waals surface area contributed by atoms with Crippen molar-refractivity contribution >= 4 is 5.70 Å². The Morgan fingerprint density at radius 2 is 2.36 bits per heavy atom. The lowest BCUT2D eigenvalue weighted by molar-refractivity contribution is 0.156. The molecule has 1 unspecified atom stereocenters.